The summed E-state index contributed by atoms with van der Waals surface area (Å²) in [5, 5.41) is 0. The number of ether oxygens (including phenoxy) is 1. The van der Waals surface area contributed by atoms with Crippen molar-refractivity contribution in [3.8, 4) is 0 Å². The van der Waals surface area contributed by atoms with Gasteiger partial charge in [0.2, 0.25) is 0 Å². The van der Waals surface area contributed by atoms with Crippen LogP contribution in [-0.4, -0.2) is 43.7 Å². The third-order valence-electron chi connectivity index (χ3n) is 6.77. The highest BCUT2D eigenvalue weighted by Crippen LogP contribution is 2.44. The average molecular weight is 439 g/mol. The highest BCUT2D eigenvalue weighted by molar-refractivity contribution is 5.51. The van der Waals surface area contributed by atoms with Crippen molar-refractivity contribution in [1.82, 2.24) is 9.80 Å². The number of nitrogens with zero attached hydrogens (tertiary/aromatic N) is 2. The van der Waals surface area contributed by atoms with E-state index in [4.69, 9.17) is 4.74 Å². The topological polar surface area (TPSA) is 15.7 Å². The van der Waals surface area contributed by atoms with Crippen LogP contribution in [0.5, 0.6) is 0 Å². The first-order valence-electron chi connectivity index (χ1n) is 11.5. The number of hydrogen-bond donors (Lipinski definition) is 0. The van der Waals surface area contributed by atoms with E-state index >= 15 is 0 Å². The molecule has 0 bridgehead atoms. The summed E-state index contributed by atoms with van der Waals surface area (Å²) in [6.07, 6.45) is 7.79. The molecule has 0 saturated carbocycles. The smallest absolute Gasteiger partial charge is 0.143 e. The lowest BCUT2D eigenvalue weighted by Crippen LogP contribution is -2.54. The van der Waals surface area contributed by atoms with Crippen LogP contribution in [0, 0.1) is 0 Å². The fourth-order valence-electron chi connectivity index (χ4n) is 4.81. The molecule has 3 heteroatoms. The molecule has 0 unspecified atom stereocenters. The Hall–Kier alpha value is -2.98. The highest BCUT2D eigenvalue weighted by Gasteiger charge is 2.42. The van der Waals surface area contributed by atoms with E-state index < -0.39 is 5.60 Å². The van der Waals surface area contributed by atoms with Crippen LogP contribution in [0.4, 0.5) is 0 Å². The minimum absolute atomic E-state index is 0.165. The van der Waals surface area contributed by atoms with E-state index in [1.807, 2.05) is 6.07 Å². The van der Waals surface area contributed by atoms with Gasteiger partial charge in [0.25, 0.3) is 0 Å². The fraction of sp³-hybridized carbons (Fsp3) is 0.267. The molecule has 4 rings (SSSR count). The van der Waals surface area contributed by atoms with E-state index in [2.05, 4.69) is 141 Å². The Kier molecular flexibility index (Phi) is 6.94. The minimum atomic E-state index is -0.709. The van der Waals surface area contributed by atoms with Gasteiger partial charge in [0, 0.05) is 6.42 Å². The van der Waals surface area contributed by atoms with Crippen molar-refractivity contribution >= 4 is 0 Å². The summed E-state index contributed by atoms with van der Waals surface area (Å²) in [7, 11) is 8.54. The Bertz CT molecular complexity index is 1040. The molecule has 0 atom stereocenters. The molecular weight excluding hydrogens is 404 g/mol. The van der Waals surface area contributed by atoms with Gasteiger partial charge in [-0.25, -0.2) is 0 Å². The molecule has 0 heterocycles. The molecule has 0 aromatic heterocycles. The summed E-state index contributed by atoms with van der Waals surface area (Å²) < 4.78 is 6.97. The van der Waals surface area contributed by atoms with E-state index in [0.29, 0.717) is 6.61 Å². The van der Waals surface area contributed by atoms with Crippen LogP contribution >= 0.6 is 0 Å². The van der Waals surface area contributed by atoms with Crippen LogP contribution < -0.4 is 0 Å². The number of hydrogen-bond acceptors (Lipinski definition) is 3. The third-order valence-corrected chi connectivity index (χ3v) is 6.77. The standard InChI is InChI=1S/C30H34N2O/c1-31(2)29(32(3)4)22-20-28(21-23-29)30(26-16-10-6-11-17-26,27-18-12-7-13-19-27)33-24-25-14-8-5-9-15-25/h5-22H,23-24H2,1-4H3. The lowest BCUT2D eigenvalue weighted by atomic mass is 9.76. The summed E-state index contributed by atoms with van der Waals surface area (Å²) in [5.74, 6) is 0. The Morgan fingerprint density at radius 2 is 1.21 bits per heavy atom. The molecule has 0 saturated heterocycles. The predicted octanol–water partition coefficient (Wildman–Crippen LogP) is 5.85. The molecule has 0 radical (unpaired) electrons. The minimum Gasteiger partial charge on any atom is -0.356 e. The number of benzene rings is 3. The Morgan fingerprint density at radius 3 is 1.64 bits per heavy atom. The molecular formula is C30H34N2O. The van der Waals surface area contributed by atoms with Gasteiger partial charge in [-0.05, 0) is 56.5 Å². The van der Waals surface area contributed by atoms with Gasteiger partial charge in [-0.3, -0.25) is 9.80 Å². The SMILES string of the molecule is CN(C)C1(N(C)C)C=CC(C(OCc2ccccc2)(c2ccccc2)c2ccccc2)=CC1. The molecule has 0 N–H and O–H groups in total. The van der Waals surface area contributed by atoms with Gasteiger partial charge in [-0.2, -0.15) is 0 Å². The summed E-state index contributed by atoms with van der Waals surface area (Å²) in [5.41, 5.74) is 3.71. The normalized spacial score (nSPS) is 15.6. The first-order chi connectivity index (χ1) is 16.0. The van der Waals surface area contributed by atoms with E-state index in [1.54, 1.807) is 0 Å². The lowest BCUT2D eigenvalue weighted by Gasteiger charge is -2.46. The van der Waals surface area contributed by atoms with Gasteiger partial charge in [0.1, 0.15) is 5.60 Å². The van der Waals surface area contributed by atoms with Crippen molar-refractivity contribution < 1.29 is 4.74 Å². The van der Waals surface area contributed by atoms with Gasteiger partial charge in [-0.1, -0.05) is 103 Å². The summed E-state index contributed by atoms with van der Waals surface area (Å²) in [6, 6.07) is 31.6. The molecule has 0 aliphatic heterocycles. The van der Waals surface area contributed by atoms with E-state index in [-0.39, 0.29) is 5.66 Å². The zero-order chi connectivity index (χ0) is 23.3. The molecule has 3 aromatic rings. The van der Waals surface area contributed by atoms with Crippen molar-refractivity contribution in [3.05, 3.63) is 131 Å². The van der Waals surface area contributed by atoms with Gasteiger partial charge >= 0.3 is 0 Å². The predicted molar refractivity (Wildman–Crippen MR) is 137 cm³/mol. The van der Waals surface area contributed by atoms with Crippen molar-refractivity contribution in [3.63, 3.8) is 0 Å². The Labute approximate surface area is 198 Å². The van der Waals surface area contributed by atoms with Crippen molar-refractivity contribution in [2.75, 3.05) is 28.2 Å². The van der Waals surface area contributed by atoms with Crippen LogP contribution in [0.15, 0.2) is 115 Å². The van der Waals surface area contributed by atoms with Gasteiger partial charge < -0.3 is 4.74 Å². The first kappa shape index (κ1) is 23.2. The van der Waals surface area contributed by atoms with Crippen molar-refractivity contribution in [2.24, 2.45) is 0 Å². The molecule has 170 valence electrons. The van der Waals surface area contributed by atoms with E-state index in [9.17, 15) is 0 Å². The zero-order valence-corrected chi connectivity index (χ0v) is 20.1. The first-order valence-corrected chi connectivity index (χ1v) is 11.5. The van der Waals surface area contributed by atoms with Crippen molar-refractivity contribution in [2.45, 2.75) is 24.3 Å². The molecule has 0 amide bonds. The maximum Gasteiger partial charge on any atom is 0.143 e. The van der Waals surface area contributed by atoms with E-state index in [0.717, 1.165) is 28.7 Å². The molecule has 3 nitrogen and oxygen atoms in total. The van der Waals surface area contributed by atoms with Crippen LogP contribution in [0.2, 0.25) is 0 Å². The van der Waals surface area contributed by atoms with E-state index in [1.165, 1.54) is 0 Å². The maximum absolute atomic E-state index is 6.97. The lowest BCUT2D eigenvalue weighted by molar-refractivity contribution is -0.00310. The molecule has 1 aliphatic carbocycles. The van der Waals surface area contributed by atoms with Crippen molar-refractivity contribution in [1.29, 1.82) is 0 Å². The second-order valence-electron chi connectivity index (χ2n) is 9.05. The highest BCUT2D eigenvalue weighted by atomic mass is 16.5. The molecule has 1 aliphatic rings. The zero-order valence-electron chi connectivity index (χ0n) is 20.1. The molecule has 0 fully saturated rings. The number of rotatable bonds is 8. The molecule has 3 aromatic carbocycles. The average Bonchev–Trinajstić information content (AvgIpc) is 2.86. The maximum atomic E-state index is 6.97. The van der Waals surface area contributed by atoms with Crippen LogP contribution in [0.1, 0.15) is 23.1 Å². The van der Waals surface area contributed by atoms with Crippen LogP contribution in [0.25, 0.3) is 0 Å². The summed E-state index contributed by atoms with van der Waals surface area (Å²) >= 11 is 0. The monoisotopic (exact) mass is 438 g/mol. The van der Waals surface area contributed by atoms with Crippen LogP contribution in [-0.2, 0) is 16.9 Å². The Balaban J connectivity index is 1.85. The largest absolute Gasteiger partial charge is 0.356 e. The van der Waals surface area contributed by atoms with Crippen LogP contribution in [0.3, 0.4) is 0 Å². The molecule has 33 heavy (non-hydrogen) atoms. The third kappa shape index (κ3) is 4.45. The summed E-state index contributed by atoms with van der Waals surface area (Å²) in [6.45, 7) is 0.516. The molecule has 0 spiro atoms. The van der Waals surface area contributed by atoms with Gasteiger partial charge in [-0.15, -0.1) is 0 Å². The second kappa shape index (κ2) is 9.88. The number of likely N-dealkylation sites (N-methyl/N-ethyl adjacent to an activating group) is 2. The van der Waals surface area contributed by atoms with Gasteiger partial charge in [0.05, 0.1) is 12.3 Å². The Morgan fingerprint density at radius 1 is 0.727 bits per heavy atom. The fourth-order valence-corrected chi connectivity index (χ4v) is 4.81. The van der Waals surface area contributed by atoms with Gasteiger partial charge in [0.15, 0.2) is 0 Å². The second-order valence-corrected chi connectivity index (χ2v) is 9.05. The summed E-state index contributed by atoms with van der Waals surface area (Å²) in [4.78, 5) is 4.54. The quantitative estimate of drug-likeness (QED) is 0.410.